The van der Waals surface area contributed by atoms with E-state index >= 15 is 0 Å². The molecule has 1 aromatic carbocycles. The van der Waals surface area contributed by atoms with Gasteiger partial charge >= 0.3 is 0 Å². The lowest BCUT2D eigenvalue weighted by Gasteiger charge is -2.13. The number of aromatic amines is 1. The maximum absolute atomic E-state index is 12.7. The predicted molar refractivity (Wildman–Crippen MR) is 88.4 cm³/mol. The van der Waals surface area contributed by atoms with Crippen LogP contribution in [0.1, 0.15) is 21.7 Å². The van der Waals surface area contributed by atoms with Gasteiger partial charge in [0, 0.05) is 18.3 Å². The molecule has 0 bridgehead atoms. The summed E-state index contributed by atoms with van der Waals surface area (Å²) in [5, 5.41) is 7.11. The number of methoxy groups -OCH3 is 1. The van der Waals surface area contributed by atoms with Crippen molar-refractivity contribution in [2.75, 3.05) is 7.11 Å². The number of aromatic nitrogens is 3. The quantitative estimate of drug-likeness (QED) is 0.805. The fraction of sp³-hybridized carbons (Fsp3) is 0.167. The minimum atomic E-state index is -0.0818. The number of benzene rings is 1. The molecule has 0 saturated heterocycles. The maximum Gasteiger partial charge on any atom is 0.272 e. The maximum atomic E-state index is 12.7. The summed E-state index contributed by atoms with van der Waals surface area (Å²) < 4.78 is 5.35. The number of carbonyl (C=O) groups excluding carboxylic acids is 1. The summed E-state index contributed by atoms with van der Waals surface area (Å²) in [6.07, 6.45) is 1.75. The van der Waals surface area contributed by atoms with Crippen molar-refractivity contribution in [2.45, 2.75) is 13.1 Å². The molecule has 4 rings (SSSR count). The molecule has 0 saturated carbocycles. The van der Waals surface area contributed by atoms with Crippen molar-refractivity contribution in [3.8, 4) is 17.0 Å². The Balaban J connectivity index is 1.58. The van der Waals surface area contributed by atoms with Gasteiger partial charge in [-0.1, -0.05) is 18.2 Å². The summed E-state index contributed by atoms with van der Waals surface area (Å²) in [6, 6.07) is 13.3. The standard InChI is InChI=1S/C18H16N4O2/c1-24-17-7-3-2-6-13(17)14-9-15(21-20-14)18(23)22-10-12-5-4-8-19-16(12)11-22/h2-9H,10-11H2,1H3,(H,20,21). The Bertz CT molecular complexity index is 878. The Morgan fingerprint density at radius 3 is 2.92 bits per heavy atom. The Kier molecular flexibility index (Phi) is 3.49. The van der Waals surface area contributed by atoms with E-state index in [1.807, 2.05) is 36.4 Å². The number of amides is 1. The zero-order valence-electron chi connectivity index (χ0n) is 13.2. The Hall–Kier alpha value is -3.15. The number of nitrogens with zero attached hydrogens (tertiary/aromatic N) is 3. The van der Waals surface area contributed by atoms with Crippen LogP contribution in [0.5, 0.6) is 5.75 Å². The molecule has 1 aliphatic heterocycles. The van der Waals surface area contributed by atoms with E-state index in [0.29, 0.717) is 24.5 Å². The van der Waals surface area contributed by atoms with E-state index in [9.17, 15) is 4.79 Å². The predicted octanol–water partition coefficient (Wildman–Crippen LogP) is 2.64. The summed E-state index contributed by atoms with van der Waals surface area (Å²) in [7, 11) is 1.62. The van der Waals surface area contributed by atoms with E-state index in [-0.39, 0.29) is 5.91 Å². The smallest absolute Gasteiger partial charge is 0.272 e. The Labute approximate surface area is 139 Å². The van der Waals surface area contributed by atoms with E-state index < -0.39 is 0 Å². The van der Waals surface area contributed by atoms with Gasteiger partial charge in [0.25, 0.3) is 5.91 Å². The van der Waals surface area contributed by atoms with Gasteiger partial charge in [0.05, 0.1) is 25.0 Å². The van der Waals surface area contributed by atoms with Crippen LogP contribution in [-0.4, -0.2) is 33.1 Å². The molecule has 0 atom stereocenters. The second kappa shape index (κ2) is 5.81. The fourth-order valence-corrected chi connectivity index (χ4v) is 2.94. The van der Waals surface area contributed by atoms with Crippen LogP contribution in [-0.2, 0) is 13.1 Å². The van der Waals surface area contributed by atoms with Crippen molar-refractivity contribution in [2.24, 2.45) is 0 Å². The van der Waals surface area contributed by atoms with Gasteiger partial charge in [0.2, 0.25) is 0 Å². The molecule has 1 N–H and O–H groups in total. The molecular weight excluding hydrogens is 304 g/mol. The number of rotatable bonds is 3. The minimum absolute atomic E-state index is 0.0818. The van der Waals surface area contributed by atoms with Crippen LogP contribution in [0, 0.1) is 0 Å². The first-order valence-electron chi connectivity index (χ1n) is 7.67. The molecule has 3 heterocycles. The lowest BCUT2D eigenvalue weighted by atomic mass is 10.1. The third-order valence-electron chi connectivity index (χ3n) is 4.16. The van der Waals surface area contributed by atoms with Crippen LogP contribution in [0.2, 0.25) is 0 Å². The zero-order chi connectivity index (χ0) is 16.5. The highest BCUT2D eigenvalue weighted by molar-refractivity contribution is 5.93. The van der Waals surface area contributed by atoms with Gasteiger partial charge in [0.15, 0.2) is 0 Å². The molecular formula is C18H16N4O2. The number of nitrogens with one attached hydrogen (secondary N) is 1. The number of hydrogen-bond donors (Lipinski definition) is 1. The molecule has 2 aromatic heterocycles. The second-order valence-corrected chi connectivity index (χ2v) is 5.64. The summed E-state index contributed by atoms with van der Waals surface area (Å²) in [5.74, 6) is 0.641. The van der Waals surface area contributed by atoms with Crippen LogP contribution in [0.25, 0.3) is 11.3 Å². The highest BCUT2D eigenvalue weighted by atomic mass is 16.5. The first kappa shape index (κ1) is 14.4. The molecule has 3 aromatic rings. The molecule has 0 fully saturated rings. The van der Waals surface area contributed by atoms with Crippen LogP contribution < -0.4 is 4.74 Å². The summed E-state index contributed by atoms with van der Waals surface area (Å²) in [6.45, 7) is 1.10. The first-order valence-corrected chi connectivity index (χ1v) is 7.67. The van der Waals surface area contributed by atoms with E-state index in [2.05, 4.69) is 15.2 Å². The molecule has 120 valence electrons. The molecule has 6 heteroatoms. The number of hydrogen-bond acceptors (Lipinski definition) is 4. The summed E-state index contributed by atoms with van der Waals surface area (Å²) >= 11 is 0. The molecule has 1 aliphatic rings. The van der Waals surface area contributed by atoms with Gasteiger partial charge in [0.1, 0.15) is 11.4 Å². The monoisotopic (exact) mass is 320 g/mol. The highest BCUT2D eigenvalue weighted by Gasteiger charge is 2.26. The van der Waals surface area contributed by atoms with Crippen molar-refractivity contribution < 1.29 is 9.53 Å². The van der Waals surface area contributed by atoms with Gasteiger partial charge in [-0.05, 0) is 29.8 Å². The van der Waals surface area contributed by atoms with Crippen molar-refractivity contribution in [1.82, 2.24) is 20.1 Å². The van der Waals surface area contributed by atoms with Gasteiger partial charge in [-0.15, -0.1) is 0 Å². The Morgan fingerprint density at radius 1 is 1.21 bits per heavy atom. The Morgan fingerprint density at radius 2 is 2.08 bits per heavy atom. The summed E-state index contributed by atoms with van der Waals surface area (Å²) in [4.78, 5) is 18.8. The average Bonchev–Trinajstić information content (AvgIpc) is 3.28. The summed E-state index contributed by atoms with van der Waals surface area (Å²) in [5.41, 5.74) is 4.04. The van der Waals surface area contributed by atoms with Gasteiger partial charge < -0.3 is 9.64 Å². The second-order valence-electron chi connectivity index (χ2n) is 5.64. The topological polar surface area (TPSA) is 71.1 Å². The van der Waals surface area contributed by atoms with Crippen molar-refractivity contribution in [3.63, 3.8) is 0 Å². The largest absolute Gasteiger partial charge is 0.496 e. The minimum Gasteiger partial charge on any atom is -0.496 e. The molecule has 24 heavy (non-hydrogen) atoms. The zero-order valence-corrected chi connectivity index (χ0v) is 13.2. The fourth-order valence-electron chi connectivity index (χ4n) is 2.94. The number of pyridine rings is 1. The third-order valence-corrected chi connectivity index (χ3v) is 4.16. The average molecular weight is 320 g/mol. The molecule has 0 unspecified atom stereocenters. The van der Waals surface area contributed by atoms with Crippen molar-refractivity contribution in [3.05, 3.63) is 65.6 Å². The molecule has 0 aliphatic carbocycles. The van der Waals surface area contributed by atoms with Gasteiger partial charge in [-0.3, -0.25) is 14.9 Å². The molecule has 0 spiro atoms. The number of fused-ring (bicyclic) bond motifs is 1. The SMILES string of the molecule is COc1ccccc1-c1cc(C(=O)N2Cc3cccnc3C2)[nH]n1. The van der Waals surface area contributed by atoms with E-state index in [0.717, 1.165) is 22.6 Å². The van der Waals surface area contributed by atoms with Crippen molar-refractivity contribution >= 4 is 5.91 Å². The van der Waals surface area contributed by atoms with Gasteiger partial charge in [-0.2, -0.15) is 5.10 Å². The number of ether oxygens (including phenoxy) is 1. The molecule has 1 amide bonds. The third kappa shape index (κ3) is 2.42. The van der Waals surface area contributed by atoms with Gasteiger partial charge in [-0.25, -0.2) is 0 Å². The molecule has 0 radical (unpaired) electrons. The van der Waals surface area contributed by atoms with E-state index in [4.69, 9.17) is 4.74 Å². The van der Waals surface area contributed by atoms with Crippen LogP contribution in [0.3, 0.4) is 0 Å². The number of H-pyrrole nitrogens is 1. The normalized spacial score (nSPS) is 13.0. The van der Waals surface area contributed by atoms with Crippen LogP contribution >= 0.6 is 0 Å². The van der Waals surface area contributed by atoms with Crippen LogP contribution in [0.15, 0.2) is 48.7 Å². The van der Waals surface area contributed by atoms with E-state index in [1.54, 1.807) is 24.3 Å². The number of para-hydroxylation sites is 1. The lowest BCUT2D eigenvalue weighted by molar-refractivity contribution is 0.0744. The lowest BCUT2D eigenvalue weighted by Crippen LogP contribution is -2.25. The first-order chi connectivity index (χ1) is 11.8. The highest BCUT2D eigenvalue weighted by Crippen LogP contribution is 2.29. The van der Waals surface area contributed by atoms with E-state index in [1.165, 1.54) is 0 Å². The van der Waals surface area contributed by atoms with Crippen LogP contribution in [0.4, 0.5) is 0 Å². The number of carbonyl (C=O) groups is 1. The molecule has 6 nitrogen and oxygen atoms in total. The van der Waals surface area contributed by atoms with Crippen molar-refractivity contribution in [1.29, 1.82) is 0 Å².